The summed E-state index contributed by atoms with van der Waals surface area (Å²) in [6.45, 7) is 0.120. The zero-order chi connectivity index (χ0) is 18.3. The van der Waals surface area contributed by atoms with E-state index < -0.39 is 17.7 Å². The van der Waals surface area contributed by atoms with Gasteiger partial charge in [-0.3, -0.25) is 9.59 Å². The van der Waals surface area contributed by atoms with Gasteiger partial charge in [-0.2, -0.15) is 0 Å². The third kappa shape index (κ3) is 2.54. The molecule has 1 amide bonds. The van der Waals surface area contributed by atoms with E-state index in [1.165, 1.54) is 7.11 Å². The smallest absolute Gasteiger partial charge is 0.293 e. The van der Waals surface area contributed by atoms with Gasteiger partial charge in [0.25, 0.3) is 11.7 Å². The van der Waals surface area contributed by atoms with Crippen LogP contribution in [0.25, 0.3) is 5.76 Å². The van der Waals surface area contributed by atoms with Gasteiger partial charge in [0.2, 0.25) is 6.79 Å². The second-order valence-electron chi connectivity index (χ2n) is 5.84. The number of carbonyl (C=O) groups is 2. The minimum atomic E-state index is -0.772. The highest BCUT2D eigenvalue weighted by Gasteiger charge is 2.40. The first kappa shape index (κ1) is 16.0. The molecule has 1 saturated heterocycles. The lowest BCUT2D eigenvalue weighted by Gasteiger charge is -2.14. The Morgan fingerprint density at radius 3 is 2.58 bits per heavy atom. The molecule has 0 bridgehead atoms. The predicted octanol–water partition coefficient (Wildman–Crippen LogP) is 2.13. The average molecular weight is 353 g/mol. The molecule has 4 rings (SSSR count). The number of hydrogen-bond acceptors (Lipinski definition) is 6. The van der Waals surface area contributed by atoms with Gasteiger partial charge >= 0.3 is 0 Å². The summed E-state index contributed by atoms with van der Waals surface area (Å²) < 4.78 is 15.7. The first-order valence-electron chi connectivity index (χ1n) is 7.91. The molecule has 2 N–H and O–H groups in total. The van der Waals surface area contributed by atoms with Crippen LogP contribution in [-0.2, 0) is 9.59 Å². The molecular weight excluding hydrogens is 338 g/mol. The molecule has 2 aromatic rings. The molecule has 0 aliphatic carbocycles. The van der Waals surface area contributed by atoms with Crippen molar-refractivity contribution in [3.05, 3.63) is 59.2 Å². The molecule has 1 unspecified atom stereocenters. The van der Waals surface area contributed by atoms with E-state index in [1.54, 1.807) is 42.5 Å². The maximum atomic E-state index is 12.4. The molecule has 26 heavy (non-hydrogen) atoms. The van der Waals surface area contributed by atoms with Gasteiger partial charge in [0, 0.05) is 5.56 Å². The summed E-state index contributed by atoms with van der Waals surface area (Å²) in [4.78, 5) is 24.3. The van der Waals surface area contributed by atoms with E-state index in [-0.39, 0.29) is 18.1 Å². The summed E-state index contributed by atoms with van der Waals surface area (Å²) in [5.74, 6) is -0.0399. The number of benzene rings is 2. The highest BCUT2D eigenvalue weighted by atomic mass is 16.7. The van der Waals surface area contributed by atoms with Crippen LogP contribution in [0.1, 0.15) is 17.2 Å². The fourth-order valence-electron chi connectivity index (χ4n) is 3.01. The van der Waals surface area contributed by atoms with Gasteiger partial charge in [0.1, 0.15) is 11.5 Å². The Hall–Kier alpha value is -3.48. The Morgan fingerprint density at radius 2 is 1.85 bits per heavy atom. The Labute approximate surface area is 148 Å². The van der Waals surface area contributed by atoms with Gasteiger partial charge in [-0.1, -0.05) is 6.07 Å². The van der Waals surface area contributed by atoms with Crippen molar-refractivity contribution in [1.82, 2.24) is 5.32 Å². The summed E-state index contributed by atoms with van der Waals surface area (Å²) in [5, 5.41) is 13.3. The molecule has 1 fully saturated rings. The first-order chi connectivity index (χ1) is 12.6. The quantitative estimate of drug-likeness (QED) is 0.499. The van der Waals surface area contributed by atoms with E-state index in [1.807, 2.05) is 0 Å². The zero-order valence-electron chi connectivity index (χ0n) is 13.8. The molecule has 7 heteroatoms. The van der Waals surface area contributed by atoms with Gasteiger partial charge in [-0.15, -0.1) is 0 Å². The van der Waals surface area contributed by atoms with Crippen LogP contribution >= 0.6 is 0 Å². The molecular formula is C19H15NO6. The molecule has 7 nitrogen and oxygen atoms in total. The van der Waals surface area contributed by atoms with Crippen LogP contribution in [0.4, 0.5) is 0 Å². The fourth-order valence-corrected chi connectivity index (χ4v) is 3.01. The van der Waals surface area contributed by atoms with Crippen LogP contribution < -0.4 is 19.5 Å². The molecule has 0 aromatic heterocycles. The van der Waals surface area contributed by atoms with Crippen molar-refractivity contribution < 1.29 is 28.9 Å². The van der Waals surface area contributed by atoms with Crippen molar-refractivity contribution in [1.29, 1.82) is 0 Å². The maximum absolute atomic E-state index is 12.4. The summed E-state index contributed by atoms with van der Waals surface area (Å²) in [7, 11) is 1.53. The van der Waals surface area contributed by atoms with Crippen LogP contribution in [0, 0.1) is 0 Å². The average Bonchev–Trinajstić information content (AvgIpc) is 3.25. The highest BCUT2D eigenvalue weighted by Crippen LogP contribution is 2.38. The standard InChI is InChI=1S/C19H15NO6/c1-24-12-5-2-10(3-6-12)17(21)15-16(20-19(23)18(15)22)11-4-7-13-14(8-11)26-9-25-13/h2-8,16,21H,9H2,1H3,(H,20,23). The number of Topliss-reactive ketones (excluding diaryl/α,β-unsaturated/α-hetero) is 1. The summed E-state index contributed by atoms with van der Waals surface area (Å²) in [6, 6.07) is 10.9. The van der Waals surface area contributed by atoms with Crippen LogP contribution in [0.3, 0.4) is 0 Å². The number of carbonyl (C=O) groups excluding carboxylic acids is 2. The Bertz CT molecular complexity index is 932. The Morgan fingerprint density at radius 1 is 1.12 bits per heavy atom. The van der Waals surface area contributed by atoms with Gasteiger partial charge < -0.3 is 24.6 Å². The van der Waals surface area contributed by atoms with E-state index in [9.17, 15) is 14.7 Å². The lowest BCUT2D eigenvalue weighted by molar-refractivity contribution is -0.133. The SMILES string of the molecule is COc1ccc(C(O)=C2C(=O)C(=O)NC2c2ccc3c(c2)OCO3)cc1. The van der Waals surface area contributed by atoms with E-state index in [4.69, 9.17) is 14.2 Å². The van der Waals surface area contributed by atoms with E-state index in [2.05, 4.69) is 5.32 Å². The Kier molecular flexibility index (Phi) is 3.76. The largest absolute Gasteiger partial charge is 0.507 e. The molecule has 2 aliphatic rings. The van der Waals surface area contributed by atoms with Crippen LogP contribution in [-0.4, -0.2) is 30.7 Å². The number of methoxy groups -OCH3 is 1. The molecule has 132 valence electrons. The number of ketones is 1. The van der Waals surface area contributed by atoms with Crippen molar-refractivity contribution in [3.63, 3.8) is 0 Å². The second kappa shape index (κ2) is 6.11. The summed E-state index contributed by atoms with van der Waals surface area (Å²) in [6.07, 6.45) is 0. The van der Waals surface area contributed by atoms with Crippen LogP contribution in [0.5, 0.6) is 17.2 Å². The Balaban J connectivity index is 1.78. The van der Waals surface area contributed by atoms with Crippen LogP contribution in [0.15, 0.2) is 48.0 Å². The van der Waals surface area contributed by atoms with Crippen molar-refractivity contribution in [3.8, 4) is 17.2 Å². The molecule has 2 heterocycles. The van der Waals surface area contributed by atoms with E-state index in [0.717, 1.165) is 0 Å². The number of amides is 1. The van der Waals surface area contributed by atoms with Gasteiger partial charge in [-0.25, -0.2) is 0 Å². The van der Waals surface area contributed by atoms with Gasteiger partial charge in [0.15, 0.2) is 11.5 Å². The number of aliphatic hydroxyl groups is 1. The maximum Gasteiger partial charge on any atom is 0.293 e. The fraction of sp³-hybridized carbons (Fsp3) is 0.158. The second-order valence-corrected chi connectivity index (χ2v) is 5.84. The number of hydrogen-bond donors (Lipinski definition) is 2. The van der Waals surface area contributed by atoms with Crippen molar-refractivity contribution >= 4 is 17.4 Å². The zero-order valence-corrected chi connectivity index (χ0v) is 13.8. The molecule has 0 spiro atoms. The summed E-state index contributed by atoms with van der Waals surface area (Å²) in [5.41, 5.74) is 1.03. The van der Waals surface area contributed by atoms with Crippen molar-refractivity contribution in [2.24, 2.45) is 0 Å². The van der Waals surface area contributed by atoms with E-state index >= 15 is 0 Å². The monoisotopic (exact) mass is 353 g/mol. The molecule has 0 saturated carbocycles. The van der Waals surface area contributed by atoms with Gasteiger partial charge in [0.05, 0.1) is 18.7 Å². The third-order valence-corrected chi connectivity index (χ3v) is 4.36. The normalized spacial score (nSPS) is 20.1. The van der Waals surface area contributed by atoms with E-state index in [0.29, 0.717) is 28.4 Å². The lowest BCUT2D eigenvalue weighted by atomic mass is 9.95. The number of aliphatic hydroxyl groups excluding tert-OH is 1. The minimum absolute atomic E-state index is 0.000896. The van der Waals surface area contributed by atoms with Crippen LogP contribution in [0.2, 0.25) is 0 Å². The number of ether oxygens (including phenoxy) is 3. The summed E-state index contributed by atoms with van der Waals surface area (Å²) >= 11 is 0. The lowest BCUT2D eigenvalue weighted by Crippen LogP contribution is -2.21. The highest BCUT2D eigenvalue weighted by molar-refractivity contribution is 6.46. The molecule has 2 aromatic carbocycles. The predicted molar refractivity (Wildman–Crippen MR) is 91.0 cm³/mol. The molecule has 0 radical (unpaired) electrons. The van der Waals surface area contributed by atoms with Gasteiger partial charge in [-0.05, 0) is 42.0 Å². The third-order valence-electron chi connectivity index (χ3n) is 4.36. The van der Waals surface area contributed by atoms with Crippen molar-refractivity contribution in [2.45, 2.75) is 6.04 Å². The van der Waals surface area contributed by atoms with Crippen molar-refractivity contribution in [2.75, 3.05) is 13.9 Å². The number of fused-ring (bicyclic) bond motifs is 1. The molecule has 1 atom stereocenters. The first-order valence-corrected chi connectivity index (χ1v) is 7.91. The topological polar surface area (TPSA) is 94.1 Å². The number of nitrogens with one attached hydrogen (secondary N) is 1. The minimum Gasteiger partial charge on any atom is -0.507 e. The number of rotatable bonds is 3. The molecule has 2 aliphatic heterocycles.